The molecule has 0 aromatic carbocycles. The second kappa shape index (κ2) is 6.40. The van der Waals surface area contributed by atoms with Crippen LogP contribution in [0, 0.1) is 5.92 Å². The number of hydrogen-bond donors (Lipinski definition) is 0. The van der Waals surface area contributed by atoms with Crippen molar-refractivity contribution < 1.29 is 18.7 Å². The van der Waals surface area contributed by atoms with E-state index >= 15 is 0 Å². The maximum atomic E-state index is 12.5. The fourth-order valence-electron chi connectivity index (χ4n) is 3.42. The van der Waals surface area contributed by atoms with Gasteiger partial charge in [0.05, 0.1) is 32.6 Å². The van der Waals surface area contributed by atoms with E-state index in [1.807, 2.05) is 0 Å². The molecule has 3 rings (SSSR count). The lowest BCUT2D eigenvalue weighted by molar-refractivity contribution is -0.0540. The van der Waals surface area contributed by atoms with E-state index in [1.165, 1.54) is 6.26 Å². The van der Waals surface area contributed by atoms with Crippen molar-refractivity contribution in [1.82, 2.24) is 9.80 Å². The molecule has 2 atom stereocenters. The minimum atomic E-state index is -0.376. The van der Waals surface area contributed by atoms with Gasteiger partial charge in [-0.2, -0.15) is 0 Å². The number of carbonyl (C=O) groups is 1. The zero-order chi connectivity index (χ0) is 15.6. The zero-order valence-electron chi connectivity index (χ0n) is 13.3. The highest BCUT2D eigenvalue weighted by atomic mass is 16.5. The molecule has 1 amide bonds. The molecule has 0 radical (unpaired) electrons. The first kappa shape index (κ1) is 15.5. The first-order valence-corrected chi connectivity index (χ1v) is 7.77. The molecule has 0 bridgehead atoms. The molecule has 2 aliphatic heterocycles. The number of hydrogen-bond acceptors (Lipinski definition) is 5. The molecular weight excluding hydrogens is 284 g/mol. The van der Waals surface area contributed by atoms with Gasteiger partial charge in [-0.05, 0) is 38.6 Å². The molecule has 122 valence electrons. The summed E-state index contributed by atoms with van der Waals surface area (Å²) in [5.74, 6) is 0.770. The van der Waals surface area contributed by atoms with Crippen LogP contribution in [0.25, 0.3) is 0 Å². The Morgan fingerprint density at radius 1 is 1.50 bits per heavy atom. The summed E-state index contributed by atoms with van der Waals surface area (Å²) in [6, 6.07) is 3.43. The van der Waals surface area contributed by atoms with Crippen LogP contribution < -0.4 is 0 Å². The highest BCUT2D eigenvalue weighted by Crippen LogP contribution is 2.33. The van der Waals surface area contributed by atoms with E-state index in [0.717, 1.165) is 19.6 Å². The quantitative estimate of drug-likeness (QED) is 0.836. The van der Waals surface area contributed by atoms with Gasteiger partial charge in [-0.15, -0.1) is 0 Å². The highest BCUT2D eigenvalue weighted by molar-refractivity contribution is 5.91. The summed E-state index contributed by atoms with van der Waals surface area (Å²) >= 11 is 0. The van der Waals surface area contributed by atoms with Crippen LogP contribution >= 0.6 is 0 Å². The molecule has 0 saturated carbocycles. The van der Waals surface area contributed by atoms with E-state index in [9.17, 15) is 4.79 Å². The summed E-state index contributed by atoms with van der Waals surface area (Å²) in [6.07, 6.45) is 2.45. The maximum Gasteiger partial charge on any atom is 0.289 e. The van der Waals surface area contributed by atoms with Gasteiger partial charge in [-0.25, -0.2) is 0 Å². The van der Waals surface area contributed by atoms with E-state index in [2.05, 4.69) is 19.0 Å². The van der Waals surface area contributed by atoms with Crippen molar-refractivity contribution in [3.63, 3.8) is 0 Å². The van der Waals surface area contributed by atoms with Crippen molar-refractivity contribution in [1.29, 1.82) is 0 Å². The molecule has 3 heterocycles. The first-order valence-electron chi connectivity index (χ1n) is 7.77. The molecular formula is C16H24N2O4. The lowest BCUT2D eigenvalue weighted by Crippen LogP contribution is -2.46. The van der Waals surface area contributed by atoms with Gasteiger partial charge in [0.1, 0.15) is 5.60 Å². The molecule has 1 spiro atoms. The van der Waals surface area contributed by atoms with Crippen molar-refractivity contribution in [3.8, 4) is 0 Å². The molecule has 2 saturated heterocycles. The minimum absolute atomic E-state index is 0.0884. The zero-order valence-corrected chi connectivity index (χ0v) is 13.3. The Kier molecular flexibility index (Phi) is 4.52. The summed E-state index contributed by atoms with van der Waals surface area (Å²) in [5, 5.41) is 0. The number of rotatable bonds is 3. The molecule has 0 unspecified atom stereocenters. The number of carbonyl (C=O) groups excluding carboxylic acids is 1. The normalized spacial score (nSPS) is 29.2. The predicted octanol–water partition coefficient (Wildman–Crippen LogP) is 1.09. The highest BCUT2D eigenvalue weighted by Gasteiger charge is 2.44. The van der Waals surface area contributed by atoms with Crippen molar-refractivity contribution >= 4 is 5.91 Å². The van der Waals surface area contributed by atoms with Gasteiger partial charge in [0.2, 0.25) is 0 Å². The summed E-state index contributed by atoms with van der Waals surface area (Å²) in [7, 11) is 4.14. The van der Waals surface area contributed by atoms with Crippen LogP contribution in [0.2, 0.25) is 0 Å². The third-order valence-electron chi connectivity index (χ3n) is 4.28. The van der Waals surface area contributed by atoms with Gasteiger partial charge < -0.3 is 23.7 Å². The largest absolute Gasteiger partial charge is 0.459 e. The fraction of sp³-hybridized carbons (Fsp3) is 0.688. The van der Waals surface area contributed by atoms with E-state index in [0.29, 0.717) is 38.0 Å². The molecule has 22 heavy (non-hydrogen) atoms. The van der Waals surface area contributed by atoms with E-state index < -0.39 is 0 Å². The van der Waals surface area contributed by atoms with Crippen molar-refractivity contribution in [2.24, 2.45) is 5.92 Å². The van der Waals surface area contributed by atoms with Crippen LogP contribution in [0.3, 0.4) is 0 Å². The SMILES string of the molecule is CN(C)C[C@H]1CO[C@]2(COCCN(C(=O)c3ccco3)C2)C1. The number of nitrogens with zero attached hydrogens (tertiary/aromatic N) is 2. The summed E-state index contributed by atoms with van der Waals surface area (Å²) in [4.78, 5) is 16.5. The molecule has 2 fully saturated rings. The third-order valence-corrected chi connectivity index (χ3v) is 4.28. The van der Waals surface area contributed by atoms with Crippen molar-refractivity contribution in [2.45, 2.75) is 12.0 Å². The van der Waals surface area contributed by atoms with Gasteiger partial charge >= 0.3 is 0 Å². The topological polar surface area (TPSA) is 55.2 Å². The summed E-state index contributed by atoms with van der Waals surface area (Å²) < 4.78 is 17.1. The lowest BCUT2D eigenvalue weighted by Gasteiger charge is -2.30. The van der Waals surface area contributed by atoms with Crippen LogP contribution in [0.5, 0.6) is 0 Å². The van der Waals surface area contributed by atoms with E-state index in [1.54, 1.807) is 17.0 Å². The average molecular weight is 308 g/mol. The van der Waals surface area contributed by atoms with Crippen LogP contribution in [0.15, 0.2) is 22.8 Å². The van der Waals surface area contributed by atoms with Crippen molar-refractivity contribution in [3.05, 3.63) is 24.2 Å². The Morgan fingerprint density at radius 2 is 2.36 bits per heavy atom. The molecule has 1 aromatic rings. The van der Waals surface area contributed by atoms with Gasteiger partial charge in [-0.3, -0.25) is 4.79 Å². The molecule has 6 heteroatoms. The standard InChI is InChI=1S/C16H24N2O4/c1-17(2)9-13-8-16(22-10-13)11-18(5-7-20-12-16)15(19)14-4-3-6-21-14/h3-4,6,13H,5,7-12H2,1-2H3/t13-,16+/m0/s1. The number of furan rings is 1. The van der Waals surface area contributed by atoms with Gasteiger partial charge in [0.25, 0.3) is 5.91 Å². The Balaban J connectivity index is 1.69. The second-order valence-electron chi connectivity index (χ2n) is 6.58. The Labute approximate surface area is 131 Å². The smallest absolute Gasteiger partial charge is 0.289 e. The lowest BCUT2D eigenvalue weighted by atomic mass is 9.94. The molecule has 1 aromatic heterocycles. The summed E-state index contributed by atoms with van der Waals surface area (Å²) in [5.41, 5.74) is -0.376. The van der Waals surface area contributed by atoms with Crippen molar-refractivity contribution in [2.75, 3.05) is 53.6 Å². The monoisotopic (exact) mass is 308 g/mol. The molecule has 6 nitrogen and oxygen atoms in total. The fourth-order valence-corrected chi connectivity index (χ4v) is 3.42. The van der Waals surface area contributed by atoms with Gasteiger partial charge in [-0.1, -0.05) is 0 Å². The van der Waals surface area contributed by atoms with E-state index in [-0.39, 0.29) is 11.5 Å². The van der Waals surface area contributed by atoms with Crippen LogP contribution in [0.4, 0.5) is 0 Å². The van der Waals surface area contributed by atoms with Crippen LogP contribution in [-0.2, 0) is 9.47 Å². The Hall–Kier alpha value is -1.37. The van der Waals surface area contributed by atoms with E-state index in [4.69, 9.17) is 13.9 Å². The number of ether oxygens (including phenoxy) is 2. The maximum absolute atomic E-state index is 12.5. The van der Waals surface area contributed by atoms with Crippen LogP contribution in [0.1, 0.15) is 17.0 Å². The molecule has 2 aliphatic rings. The third kappa shape index (κ3) is 3.34. The first-order chi connectivity index (χ1) is 10.6. The average Bonchev–Trinajstić information content (AvgIpc) is 3.07. The minimum Gasteiger partial charge on any atom is -0.459 e. The van der Waals surface area contributed by atoms with Gasteiger partial charge in [0, 0.05) is 13.1 Å². The number of amides is 1. The Bertz CT molecular complexity index is 502. The molecule has 0 aliphatic carbocycles. The summed E-state index contributed by atoms with van der Waals surface area (Å²) in [6.45, 7) is 3.95. The predicted molar refractivity (Wildman–Crippen MR) is 80.8 cm³/mol. The molecule has 0 N–H and O–H groups in total. The second-order valence-corrected chi connectivity index (χ2v) is 6.58. The van der Waals surface area contributed by atoms with Crippen LogP contribution in [-0.4, -0.2) is 74.9 Å². The Morgan fingerprint density at radius 3 is 3.09 bits per heavy atom. The van der Waals surface area contributed by atoms with Gasteiger partial charge in [0.15, 0.2) is 5.76 Å².